The molecule has 0 radical (unpaired) electrons. The fraction of sp³-hybridized carbons (Fsp3) is 0.150. The Kier molecular flexibility index (Phi) is 5.06. The fourth-order valence-electron chi connectivity index (χ4n) is 3.07. The summed E-state index contributed by atoms with van der Waals surface area (Å²) in [5.74, 6) is -2.15. The molecule has 4 aromatic rings. The second-order valence-electron chi connectivity index (χ2n) is 6.30. The van der Waals surface area contributed by atoms with Gasteiger partial charge in [0.25, 0.3) is 5.56 Å². The summed E-state index contributed by atoms with van der Waals surface area (Å²) < 4.78 is 28.2. The zero-order valence-electron chi connectivity index (χ0n) is 15.3. The van der Waals surface area contributed by atoms with Gasteiger partial charge in [-0.05, 0) is 25.1 Å². The second kappa shape index (κ2) is 7.67. The molecule has 0 aliphatic rings. The Morgan fingerprint density at radius 1 is 1.24 bits per heavy atom. The lowest BCUT2D eigenvalue weighted by molar-refractivity contribution is -0.113. The van der Waals surface area contributed by atoms with E-state index in [1.807, 2.05) is 31.2 Å². The average Bonchev–Trinajstić information content (AvgIpc) is 3.08. The van der Waals surface area contributed by atoms with Gasteiger partial charge in [0.05, 0.1) is 11.4 Å². The predicted molar refractivity (Wildman–Crippen MR) is 109 cm³/mol. The molecule has 0 saturated heterocycles. The average molecular weight is 414 g/mol. The SMILES string of the molecule is CCn1c(SCC(=O)Nc2ccc(F)cc2F)nc2c([nH]c3ccccc32)c1=O. The van der Waals surface area contributed by atoms with E-state index in [-0.39, 0.29) is 17.0 Å². The van der Waals surface area contributed by atoms with E-state index >= 15 is 0 Å². The number of benzene rings is 2. The Bertz CT molecular complexity index is 1300. The second-order valence-corrected chi connectivity index (χ2v) is 7.24. The van der Waals surface area contributed by atoms with Crippen LogP contribution >= 0.6 is 11.8 Å². The number of aromatic nitrogens is 3. The molecule has 148 valence electrons. The van der Waals surface area contributed by atoms with E-state index in [1.54, 1.807) is 0 Å². The van der Waals surface area contributed by atoms with Crippen LogP contribution in [0.5, 0.6) is 0 Å². The van der Waals surface area contributed by atoms with Crippen molar-refractivity contribution in [1.82, 2.24) is 14.5 Å². The number of thioether (sulfide) groups is 1. The van der Waals surface area contributed by atoms with Crippen molar-refractivity contribution in [3.63, 3.8) is 0 Å². The monoisotopic (exact) mass is 414 g/mol. The number of para-hydroxylation sites is 1. The number of nitrogens with zero attached hydrogens (tertiary/aromatic N) is 2. The first kappa shape index (κ1) is 19.1. The van der Waals surface area contributed by atoms with Crippen molar-refractivity contribution in [2.24, 2.45) is 0 Å². The van der Waals surface area contributed by atoms with E-state index in [2.05, 4.69) is 15.3 Å². The molecule has 2 aromatic heterocycles. The number of fused-ring (bicyclic) bond motifs is 3. The van der Waals surface area contributed by atoms with E-state index in [0.717, 1.165) is 34.8 Å². The van der Waals surface area contributed by atoms with Gasteiger partial charge < -0.3 is 10.3 Å². The maximum absolute atomic E-state index is 13.7. The molecule has 6 nitrogen and oxygen atoms in total. The van der Waals surface area contributed by atoms with Gasteiger partial charge in [-0.25, -0.2) is 13.8 Å². The van der Waals surface area contributed by atoms with E-state index < -0.39 is 17.5 Å². The minimum absolute atomic E-state index is 0.0862. The zero-order valence-corrected chi connectivity index (χ0v) is 16.1. The predicted octanol–water partition coefficient (Wildman–Crippen LogP) is 3.91. The summed E-state index contributed by atoms with van der Waals surface area (Å²) in [5, 5.41) is 3.61. The number of nitrogens with one attached hydrogen (secondary N) is 2. The van der Waals surface area contributed by atoms with Crippen molar-refractivity contribution in [3.8, 4) is 0 Å². The van der Waals surface area contributed by atoms with Crippen LogP contribution in [0.25, 0.3) is 21.9 Å². The van der Waals surface area contributed by atoms with Gasteiger partial charge in [-0.2, -0.15) is 0 Å². The highest BCUT2D eigenvalue weighted by molar-refractivity contribution is 7.99. The maximum atomic E-state index is 13.7. The van der Waals surface area contributed by atoms with E-state index in [0.29, 0.717) is 28.8 Å². The Balaban J connectivity index is 1.62. The van der Waals surface area contributed by atoms with Crippen molar-refractivity contribution >= 4 is 45.3 Å². The van der Waals surface area contributed by atoms with Gasteiger partial charge in [0.15, 0.2) is 5.16 Å². The first-order valence-corrected chi connectivity index (χ1v) is 9.85. The molecule has 4 rings (SSSR count). The normalized spacial score (nSPS) is 11.3. The smallest absolute Gasteiger partial charge is 0.278 e. The first-order chi connectivity index (χ1) is 14.0. The van der Waals surface area contributed by atoms with Gasteiger partial charge in [-0.15, -0.1) is 0 Å². The number of hydrogen-bond donors (Lipinski definition) is 2. The maximum Gasteiger partial charge on any atom is 0.278 e. The molecular weight excluding hydrogens is 398 g/mol. The molecule has 0 spiro atoms. The Morgan fingerprint density at radius 2 is 2.03 bits per heavy atom. The topological polar surface area (TPSA) is 79.8 Å². The number of aromatic amines is 1. The summed E-state index contributed by atoms with van der Waals surface area (Å²) in [4.78, 5) is 32.8. The van der Waals surface area contributed by atoms with Crippen molar-refractivity contribution in [2.75, 3.05) is 11.1 Å². The summed E-state index contributed by atoms with van der Waals surface area (Å²) >= 11 is 1.08. The van der Waals surface area contributed by atoms with Crippen molar-refractivity contribution in [3.05, 3.63) is 64.5 Å². The lowest BCUT2D eigenvalue weighted by atomic mass is 10.2. The molecule has 0 fully saturated rings. The van der Waals surface area contributed by atoms with Crippen LogP contribution in [0.1, 0.15) is 6.92 Å². The highest BCUT2D eigenvalue weighted by atomic mass is 32.2. The van der Waals surface area contributed by atoms with Crippen molar-refractivity contribution in [1.29, 1.82) is 0 Å². The highest BCUT2D eigenvalue weighted by Gasteiger charge is 2.16. The fourth-order valence-corrected chi connectivity index (χ4v) is 3.93. The van der Waals surface area contributed by atoms with Crippen LogP contribution in [0, 0.1) is 11.6 Å². The minimum Gasteiger partial charge on any atom is -0.349 e. The molecular formula is C20H16F2N4O2S. The van der Waals surface area contributed by atoms with E-state index in [4.69, 9.17) is 0 Å². The minimum atomic E-state index is -0.854. The van der Waals surface area contributed by atoms with Gasteiger partial charge in [0.1, 0.15) is 22.7 Å². The number of carbonyl (C=O) groups excluding carboxylic acids is 1. The quantitative estimate of drug-likeness (QED) is 0.383. The molecule has 9 heteroatoms. The van der Waals surface area contributed by atoms with Gasteiger partial charge >= 0.3 is 0 Å². The zero-order chi connectivity index (χ0) is 20.5. The molecule has 1 amide bonds. The van der Waals surface area contributed by atoms with Gasteiger partial charge in [-0.3, -0.25) is 14.2 Å². The third kappa shape index (κ3) is 3.61. The molecule has 0 aliphatic carbocycles. The molecule has 29 heavy (non-hydrogen) atoms. The van der Waals surface area contributed by atoms with Gasteiger partial charge in [0, 0.05) is 23.5 Å². The summed E-state index contributed by atoms with van der Waals surface area (Å²) in [5.41, 5.74) is 1.44. The summed E-state index contributed by atoms with van der Waals surface area (Å²) in [7, 11) is 0. The van der Waals surface area contributed by atoms with E-state index in [1.165, 1.54) is 4.57 Å². The van der Waals surface area contributed by atoms with Crippen LogP contribution in [0.2, 0.25) is 0 Å². The number of H-pyrrole nitrogens is 1. The molecule has 0 aliphatic heterocycles. The number of halogens is 2. The molecule has 2 aromatic carbocycles. The Morgan fingerprint density at radius 3 is 2.79 bits per heavy atom. The Labute approximate surface area is 167 Å². The van der Waals surface area contributed by atoms with Crippen LogP contribution in [0.4, 0.5) is 14.5 Å². The van der Waals surface area contributed by atoms with Crippen molar-refractivity contribution < 1.29 is 13.6 Å². The molecule has 2 heterocycles. The standard InChI is InChI=1S/C20H16F2N4O2S/c1-2-26-19(28)18-17(12-5-3-4-6-14(12)24-18)25-20(26)29-10-16(27)23-15-8-7-11(21)9-13(15)22/h3-9,24H,2,10H2,1H3,(H,23,27). The molecule has 0 bridgehead atoms. The number of rotatable bonds is 5. The first-order valence-electron chi connectivity index (χ1n) is 8.87. The molecule has 2 N–H and O–H groups in total. The molecule has 0 saturated carbocycles. The summed E-state index contributed by atoms with van der Waals surface area (Å²) in [6.07, 6.45) is 0. The highest BCUT2D eigenvalue weighted by Crippen LogP contribution is 2.25. The molecule has 0 atom stereocenters. The summed E-state index contributed by atoms with van der Waals surface area (Å²) in [6.45, 7) is 2.20. The van der Waals surface area contributed by atoms with Crippen molar-refractivity contribution in [2.45, 2.75) is 18.6 Å². The van der Waals surface area contributed by atoms with Crippen LogP contribution < -0.4 is 10.9 Å². The Hall–Kier alpha value is -3.20. The van der Waals surface area contributed by atoms with Crippen LogP contribution in [-0.4, -0.2) is 26.2 Å². The summed E-state index contributed by atoms with van der Waals surface area (Å²) in [6, 6.07) is 10.4. The number of carbonyl (C=O) groups is 1. The van der Waals surface area contributed by atoms with Crippen LogP contribution in [0.3, 0.4) is 0 Å². The third-order valence-electron chi connectivity index (χ3n) is 4.43. The van der Waals surface area contributed by atoms with Crippen LogP contribution in [0.15, 0.2) is 52.4 Å². The van der Waals surface area contributed by atoms with E-state index in [9.17, 15) is 18.4 Å². The third-order valence-corrected chi connectivity index (χ3v) is 5.41. The van der Waals surface area contributed by atoms with Gasteiger partial charge in [-0.1, -0.05) is 30.0 Å². The lowest BCUT2D eigenvalue weighted by Gasteiger charge is -2.10. The largest absolute Gasteiger partial charge is 0.349 e. The van der Waals surface area contributed by atoms with Gasteiger partial charge in [0.2, 0.25) is 5.91 Å². The number of amides is 1. The number of anilines is 1. The number of hydrogen-bond acceptors (Lipinski definition) is 4. The molecule has 0 unspecified atom stereocenters. The van der Waals surface area contributed by atoms with Crippen LogP contribution in [-0.2, 0) is 11.3 Å². The lowest BCUT2D eigenvalue weighted by Crippen LogP contribution is -2.23.